The van der Waals surface area contributed by atoms with E-state index in [0.717, 1.165) is 16.7 Å². The van der Waals surface area contributed by atoms with Gasteiger partial charge in [0.15, 0.2) is 0 Å². The van der Waals surface area contributed by atoms with Crippen molar-refractivity contribution in [2.75, 3.05) is 19.4 Å². The summed E-state index contributed by atoms with van der Waals surface area (Å²) in [5.41, 5.74) is 1.54. The van der Waals surface area contributed by atoms with E-state index in [4.69, 9.17) is 0 Å². The van der Waals surface area contributed by atoms with Crippen molar-refractivity contribution in [2.24, 2.45) is 0 Å². The van der Waals surface area contributed by atoms with Gasteiger partial charge in [-0.25, -0.2) is 14.4 Å². The molecule has 0 aliphatic heterocycles. The number of fused-ring (bicyclic) bond motifs is 1. The van der Waals surface area contributed by atoms with E-state index in [-0.39, 0.29) is 5.82 Å². The van der Waals surface area contributed by atoms with Crippen LogP contribution in [0.25, 0.3) is 10.9 Å². The number of anilines is 2. The summed E-state index contributed by atoms with van der Waals surface area (Å²) >= 11 is 0. The van der Waals surface area contributed by atoms with Gasteiger partial charge in [0.2, 0.25) is 0 Å². The molecule has 0 unspecified atom stereocenters. The van der Waals surface area contributed by atoms with Gasteiger partial charge >= 0.3 is 0 Å². The molecule has 0 radical (unpaired) electrons. The minimum Gasteiger partial charge on any atom is -0.340 e. The zero-order valence-corrected chi connectivity index (χ0v) is 12.5. The molecule has 5 heteroatoms. The SMILES string of the molecule is CN(C)Cc1nc(Nc2cccc(F)c2)c2ccccc2n1. The molecule has 1 heterocycles. The van der Waals surface area contributed by atoms with Crippen LogP contribution in [0.5, 0.6) is 0 Å². The lowest BCUT2D eigenvalue weighted by atomic mass is 10.2. The van der Waals surface area contributed by atoms with Crippen LogP contribution in [0.15, 0.2) is 48.5 Å². The van der Waals surface area contributed by atoms with Crippen LogP contribution in [0.4, 0.5) is 15.9 Å². The Morgan fingerprint density at radius 2 is 1.86 bits per heavy atom. The molecule has 0 saturated heterocycles. The summed E-state index contributed by atoms with van der Waals surface area (Å²) in [5.74, 6) is 1.13. The highest BCUT2D eigenvalue weighted by molar-refractivity contribution is 5.90. The van der Waals surface area contributed by atoms with Gasteiger partial charge in [0.1, 0.15) is 17.5 Å². The predicted molar refractivity (Wildman–Crippen MR) is 86.6 cm³/mol. The van der Waals surface area contributed by atoms with Crippen molar-refractivity contribution in [3.05, 3.63) is 60.2 Å². The molecule has 0 fully saturated rings. The van der Waals surface area contributed by atoms with Gasteiger partial charge in [-0.2, -0.15) is 0 Å². The fraction of sp³-hybridized carbons (Fsp3) is 0.176. The molecule has 22 heavy (non-hydrogen) atoms. The van der Waals surface area contributed by atoms with Crippen molar-refractivity contribution in [3.8, 4) is 0 Å². The van der Waals surface area contributed by atoms with Crippen molar-refractivity contribution >= 4 is 22.4 Å². The standard InChI is InChI=1S/C17H17FN4/c1-22(2)11-16-20-15-9-4-3-8-14(15)17(21-16)19-13-7-5-6-12(18)10-13/h3-10H,11H2,1-2H3,(H,19,20,21). The van der Waals surface area contributed by atoms with Crippen LogP contribution in [0.2, 0.25) is 0 Å². The van der Waals surface area contributed by atoms with E-state index < -0.39 is 0 Å². The highest BCUT2D eigenvalue weighted by atomic mass is 19.1. The number of nitrogens with zero attached hydrogens (tertiary/aromatic N) is 3. The van der Waals surface area contributed by atoms with Gasteiger partial charge in [-0.05, 0) is 44.4 Å². The van der Waals surface area contributed by atoms with E-state index in [1.807, 2.05) is 49.3 Å². The number of aromatic nitrogens is 2. The molecule has 112 valence electrons. The minimum atomic E-state index is -0.281. The lowest BCUT2D eigenvalue weighted by Gasteiger charge is -2.13. The van der Waals surface area contributed by atoms with Crippen LogP contribution < -0.4 is 5.32 Å². The maximum absolute atomic E-state index is 13.4. The molecule has 3 aromatic rings. The van der Waals surface area contributed by atoms with Gasteiger partial charge < -0.3 is 10.2 Å². The number of halogens is 1. The van der Waals surface area contributed by atoms with E-state index in [0.29, 0.717) is 18.1 Å². The molecule has 4 nitrogen and oxygen atoms in total. The van der Waals surface area contributed by atoms with E-state index in [1.54, 1.807) is 6.07 Å². The third-order valence-corrected chi connectivity index (χ3v) is 3.19. The Morgan fingerprint density at radius 3 is 2.64 bits per heavy atom. The fourth-order valence-corrected chi connectivity index (χ4v) is 2.28. The second-order valence-corrected chi connectivity index (χ2v) is 5.38. The molecule has 1 aromatic heterocycles. The van der Waals surface area contributed by atoms with Crippen LogP contribution in [-0.4, -0.2) is 29.0 Å². The van der Waals surface area contributed by atoms with Gasteiger partial charge in [-0.15, -0.1) is 0 Å². The smallest absolute Gasteiger partial charge is 0.145 e. The Kier molecular flexibility index (Phi) is 3.98. The zero-order valence-electron chi connectivity index (χ0n) is 12.5. The van der Waals surface area contributed by atoms with Gasteiger partial charge in [-0.3, -0.25) is 0 Å². The summed E-state index contributed by atoms with van der Waals surface area (Å²) in [4.78, 5) is 11.2. The van der Waals surface area contributed by atoms with Gasteiger partial charge in [0.05, 0.1) is 12.1 Å². The summed E-state index contributed by atoms with van der Waals surface area (Å²) in [7, 11) is 3.94. The first-order valence-corrected chi connectivity index (χ1v) is 7.05. The monoisotopic (exact) mass is 296 g/mol. The summed E-state index contributed by atoms with van der Waals surface area (Å²) in [6.45, 7) is 0.642. The Bertz CT molecular complexity index is 802. The highest BCUT2D eigenvalue weighted by Crippen LogP contribution is 2.24. The van der Waals surface area contributed by atoms with Crippen molar-refractivity contribution in [1.29, 1.82) is 0 Å². The summed E-state index contributed by atoms with van der Waals surface area (Å²) in [5, 5.41) is 4.10. The van der Waals surface area contributed by atoms with Crippen molar-refractivity contribution in [3.63, 3.8) is 0 Å². The van der Waals surface area contributed by atoms with E-state index in [9.17, 15) is 4.39 Å². The molecule has 0 atom stereocenters. The van der Waals surface area contributed by atoms with E-state index in [2.05, 4.69) is 15.3 Å². The topological polar surface area (TPSA) is 41.1 Å². The van der Waals surface area contributed by atoms with Gasteiger partial charge in [-0.1, -0.05) is 18.2 Å². The van der Waals surface area contributed by atoms with Crippen molar-refractivity contribution in [2.45, 2.75) is 6.54 Å². The van der Waals surface area contributed by atoms with Crippen LogP contribution in [0, 0.1) is 5.82 Å². The lowest BCUT2D eigenvalue weighted by molar-refractivity contribution is 0.391. The number of rotatable bonds is 4. The predicted octanol–water partition coefficient (Wildman–Crippen LogP) is 3.57. The summed E-state index contributed by atoms with van der Waals surface area (Å²) in [6.07, 6.45) is 0. The fourth-order valence-electron chi connectivity index (χ4n) is 2.28. The number of hydrogen-bond acceptors (Lipinski definition) is 4. The van der Waals surface area contributed by atoms with Crippen LogP contribution in [-0.2, 0) is 6.54 Å². The first-order chi connectivity index (χ1) is 10.6. The molecule has 2 aromatic carbocycles. The third-order valence-electron chi connectivity index (χ3n) is 3.19. The molecule has 0 saturated carbocycles. The van der Waals surface area contributed by atoms with E-state index in [1.165, 1.54) is 12.1 Å². The normalized spacial score (nSPS) is 11.1. The average molecular weight is 296 g/mol. The largest absolute Gasteiger partial charge is 0.340 e. The number of para-hydroxylation sites is 1. The maximum atomic E-state index is 13.4. The Balaban J connectivity index is 2.06. The molecule has 0 aliphatic carbocycles. The molecule has 1 N–H and O–H groups in total. The molecule has 3 rings (SSSR count). The minimum absolute atomic E-state index is 0.281. The number of hydrogen-bond donors (Lipinski definition) is 1. The highest BCUT2D eigenvalue weighted by Gasteiger charge is 2.09. The Hall–Kier alpha value is -2.53. The Morgan fingerprint density at radius 1 is 1.05 bits per heavy atom. The quantitative estimate of drug-likeness (QED) is 0.799. The third kappa shape index (κ3) is 3.20. The first-order valence-electron chi connectivity index (χ1n) is 7.05. The molecule has 0 bridgehead atoms. The molecular formula is C17H17FN4. The van der Waals surface area contributed by atoms with Crippen molar-refractivity contribution in [1.82, 2.24) is 14.9 Å². The number of nitrogens with one attached hydrogen (secondary N) is 1. The average Bonchev–Trinajstić information content (AvgIpc) is 2.46. The second kappa shape index (κ2) is 6.07. The molecule has 0 amide bonds. The lowest BCUT2D eigenvalue weighted by Crippen LogP contribution is -2.14. The Labute approximate surface area is 128 Å². The summed E-state index contributed by atoms with van der Waals surface area (Å²) < 4.78 is 13.4. The summed E-state index contributed by atoms with van der Waals surface area (Å²) in [6, 6.07) is 14.1. The number of benzene rings is 2. The van der Waals surface area contributed by atoms with Crippen LogP contribution >= 0.6 is 0 Å². The molecular weight excluding hydrogens is 279 g/mol. The maximum Gasteiger partial charge on any atom is 0.145 e. The van der Waals surface area contributed by atoms with Gasteiger partial charge in [0.25, 0.3) is 0 Å². The molecule has 0 spiro atoms. The molecule has 0 aliphatic rings. The first kappa shape index (κ1) is 14.4. The van der Waals surface area contributed by atoms with Crippen LogP contribution in [0.1, 0.15) is 5.82 Å². The second-order valence-electron chi connectivity index (χ2n) is 5.38. The van der Waals surface area contributed by atoms with Crippen molar-refractivity contribution < 1.29 is 4.39 Å². The van der Waals surface area contributed by atoms with E-state index >= 15 is 0 Å². The van der Waals surface area contributed by atoms with Gasteiger partial charge in [0, 0.05) is 11.1 Å². The zero-order chi connectivity index (χ0) is 15.5. The van der Waals surface area contributed by atoms with Crippen LogP contribution in [0.3, 0.4) is 0 Å².